The average Bonchev–Trinajstić information content (AvgIpc) is 3.54. The third kappa shape index (κ3) is 4.43. The number of fused-ring (bicyclic) bond motifs is 6. The van der Waals surface area contributed by atoms with Crippen molar-refractivity contribution in [1.29, 1.82) is 10.5 Å². The maximum absolute atomic E-state index is 10.5. The smallest absolute Gasteiger partial charge is 0.0998 e. The minimum absolute atomic E-state index is 0.540. The summed E-state index contributed by atoms with van der Waals surface area (Å²) < 4.78 is 4.64. The molecule has 1 aliphatic carbocycles. The first-order valence-corrected chi connectivity index (χ1v) is 16.4. The predicted octanol–water partition coefficient (Wildman–Crippen LogP) is 10.9. The van der Waals surface area contributed by atoms with Gasteiger partial charge in [-0.05, 0) is 65.7 Å². The zero-order valence-electron chi connectivity index (χ0n) is 26.5. The van der Waals surface area contributed by atoms with Crippen LogP contribution in [0.1, 0.15) is 22.4 Å². The van der Waals surface area contributed by atoms with Crippen LogP contribution < -0.4 is 0 Å². The molecule has 4 nitrogen and oxygen atoms in total. The van der Waals surface area contributed by atoms with Gasteiger partial charge in [0.25, 0.3) is 0 Å². The number of allylic oxidation sites excluding steroid dienone is 3. The van der Waals surface area contributed by atoms with Gasteiger partial charge in [-0.25, -0.2) is 0 Å². The van der Waals surface area contributed by atoms with Gasteiger partial charge in [0, 0.05) is 50.7 Å². The molecule has 0 bridgehead atoms. The summed E-state index contributed by atoms with van der Waals surface area (Å²) >= 11 is 0. The summed E-state index contributed by atoms with van der Waals surface area (Å²) in [6.45, 7) is 0. The lowest BCUT2D eigenvalue weighted by Crippen LogP contribution is -2.03. The fourth-order valence-corrected chi connectivity index (χ4v) is 7.55. The Balaban J connectivity index is 1.32. The summed E-state index contributed by atoms with van der Waals surface area (Å²) in [5.41, 5.74) is 12.5. The standard InChI is InChI=1S/C45H28N4/c46-28-30-22-25-33(34-13-4-10-20-43(34)49-44-17-3-1-2-12-37(44)38-16-7-11-21-45(38)49)40(26-30)39-27-32(24-23-31(39)29-47)48-41-18-8-5-14-35(41)36-15-6-9-19-42(36)48/h1-16,18-27H,17H2. The molecule has 2 heterocycles. The number of rotatable bonds is 4. The fourth-order valence-electron chi connectivity index (χ4n) is 7.55. The van der Waals surface area contributed by atoms with E-state index in [2.05, 4.69) is 149 Å². The zero-order valence-corrected chi connectivity index (χ0v) is 26.5. The minimum atomic E-state index is 0.540. The van der Waals surface area contributed by atoms with E-state index in [0.29, 0.717) is 11.1 Å². The van der Waals surface area contributed by atoms with Gasteiger partial charge in [0.15, 0.2) is 0 Å². The minimum Gasteiger partial charge on any atom is -0.312 e. The van der Waals surface area contributed by atoms with Crippen molar-refractivity contribution in [2.24, 2.45) is 0 Å². The number of hydrogen-bond acceptors (Lipinski definition) is 2. The number of benzene rings is 6. The van der Waals surface area contributed by atoms with Crippen molar-refractivity contribution >= 4 is 38.8 Å². The molecule has 0 unspecified atom stereocenters. The third-order valence-electron chi connectivity index (χ3n) is 9.67. The van der Waals surface area contributed by atoms with Gasteiger partial charge in [0.05, 0.1) is 45.5 Å². The Kier molecular flexibility index (Phi) is 6.61. The van der Waals surface area contributed by atoms with Crippen LogP contribution in [0.2, 0.25) is 0 Å². The van der Waals surface area contributed by atoms with E-state index in [-0.39, 0.29) is 0 Å². The first-order chi connectivity index (χ1) is 24.2. The maximum atomic E-state index is 10.5. The summed E-state index contributed by atoms with van der Waals surface area (Å²) in [5.74, 6) is 0. The fraction of sp³-hybridized carbons (Fsp3) is 0.0222. The highest BCUT2D eigenvalue weighted by Gasteiger charge is 2.22. The normalized spacial score (nSPS) is 12.2. The van der Waals surface area contributed by atoms with Crippen molar-refractivity contribution in [1.82, 2.24) is 9.13 Å². The summed E-state index contributed by atoms with van der Waals surface area (Å²) in [5, 5.41) is 24.1. The molecule has 2 aromatic heterocycles. The van der Waals surface area contributed by atoms with Crippen molar-refractivity contribution in [3.05, 3.63) is 174 Å². The molecule has 4 heteroatoms. The molecule has 8 aromatic rings. The van der Waals surface area contributed by atoms with Gasteiger partial charge in [-0.2, -0.15) is 10.5 Å². The zero-order chi connectivity index (χ0) is 32.9. The summed E-state index contributed by atoms with van der Waals surface area (Å²) in [6.07, 6.45) is 9.42. The first-order valence-electron chi connectivity index (χ1n) is 16.4. The lowest BCUT2D eigenvalue weighted by Gasteiger charge is -2.19. The van der Waals surface area contributed by atoms with Crippen molar-refractivity contribution in [3.8, 4) is 45.8 Å². The summed E-state index contributed by atoms with van der Waals surface area (Å²) in [6, 6.07) is 50.5. The molecule has 0 N–H and O–H groups in total. The largest absolute Gasteiger partial charge is 0.312 e. The molecule has 0 aliphatic heterocycles. The molecule has 228 valence electrons. The van der Waals surface area contributed by atoms with Crippen LogP contribution in [-0.4, -0.2) is 9.13 Å². The third-order valence-corrected chi connectivity index (χ3v) is 9.67. The van der Waals surface area contributed by atoms with Crippen molar-refractivity contribution in [2.45, 2.75) is 6.42 Å². The summed E-state index contributed by atoms with van der Waals surface area (Å²) in [4.78, 5) is 0. The molecule has 0 atom stereocenters. The Bertz CT molecular complexity index is 2720. The Labute approximate surface area is 283 Å². The van der Waals surface area contributed by atoms with Gasteiger partial charge in [0.2, 0.25) is 0 Å². The molecule has 1 aliphatic rings. The number of nitriles is 2. The molecule has 0 amide bonds. The second kappa shape index (κ2) is 11.4. The molecule has 0 spiro atoms. The molecular weight excluding hydrogens is 597 g/mol. The van der Waals surface area contributed by atoms with Crippen LogP contribution in [0.25, 0.3) is 72.4 Å². The number of para-hydroxylation sites is 4. The number of aromatic nitrogens is 2. The van der Waals surface area contributed by atoms with E-state index < -0.39 is 0 Å². The van der Waals surface area contributed by atoms with E-state index in [1.807, 2.05) is 30.3 Å². The lowest BCUT2D eigenvalue weighted by molar-refractivity contribution is 1.00. The van der Waals surface area contributed by atoms with Crippen LogP contribution in [0.3, 0.4) is 0 Å². The van der Waals surface area contributed by atoms with Gasteiger partial charge in [0.1, 0.15) is 0 Å². The van der Waals surface area contributed by atoms with Crippen LogP contribution in [0.5, 0.6) is 0 Å². The number of nitrogens with zero attached hydrogens (tertiary/aromatic N) is 4. The van der Waals surface area contributed by atoms with Gasteiger partial charge >= 0.3 is 0 Å². The van der Waals surface area contributed by atoms with E-state index in [9.17, 15) is 10.5 Å². The van der Waals surface area contributed by atoms with Crippen LogP contribution >= 0.6 is 0 Å². The van der Waals surface area contributed by atoms with E-state index >= 15 is 0 Å². The van der Waals surface area contributed by atoms with Crippen molar-refractivity contribution < 1.29 is 0 Å². The van der Waals surface area contributed by atoms with Crippen LogP contribution in [-0.2, 0) is 6.42 Å². The van der Waals surface area contributed by atoms with Crippen molar-refractivity contribution in [2.75, 3.05) is 0 Å². The van der Waals surface area contributed by atoms with Gasteiger partial charge in [-0.3, -0.25) is 0 Å². The molecular formula is C45H28N4. The van der Waals surface area contributed by atoms with E-state index in [4.69, 9.17) is 0 Å². The first kappa shape index (κ1) is 28.4. The molecule has 0 saturated heterocycles. The Hall–Kier alpha value is -6.88. The highest BCUT2D eigenvalue weighted by atomic mass is 15.0. The maximum Gasteiger partial charge on any atom is 0.0998 e. The highest BCUT2D eigenvalue weighted by molar-refractivity contribution is 6.09. The Morgan fingerprint density at radius 3 is 1.92 bits per heavy atom. The number of hydrogen-bond donors (Lipinski definition) is 0. The van der Waals surface area contributed by atoms with E-state index in [1.165, 1.54) is 27.4 Å². The van der Waals surface area contributed by atoms with Gasteiger partial charge < -0.3 is 9.13 Å². The topological polar surface area (TPSA) is 57.4 Å². The second-order valence-electron chi connectivity index (χ2n) is 12.3. The van der Waals surface area contributed by atoms with Crippen LogP contribution in [0.15, 0.2) is 152 Å². The highest BCUT2D eigenvalue weighted by Crippen LogP contribution is 2.42. The molecule has 0 saturated carbocycles. The molecule has 0 fully saturated rings. The molecule has 9 rings (SSSR count). The SMILES string of the molecule is N#Cc1ccc(-c2ccccc2-n2c3c(c4ccccc42)C=CC=CC3)c(-c2cc(-n3c4ccccc4c4ccccc43)ccc2C#N)c1. The lowest BCUT2D eigenvalue weighted by atomic mass is 9.89. The van der Waals surface area contributed by atoms with Gasteiger partial charge in [-0.15, -0.1) is 0 Å². The van der Waals surface area contributed by atoms with E-state index in [1.54, 1.807) is 0 Å². The van der Waals surface area contributed by atoms with Crippen molar-refractivity contribution in [3.63, 3.8) is 0 Å². The average molecular weight is 625 g/mol. The Morgan fingerprint density at radius 1 is 0.510 bits per heavy atom. The van der Waals surface area contributed by atoms with Gasteiger partial charge in [-0.1, -0.05) is 103 Å². The Morgan fingerprint density at radius 2 is 1.18 bits per heavy atom. The molecule has 49 heavy (non-hydrogen) atoms. The van der Waals surface area contributed by atoms with E-state index in [0.717, 1.165) is 56.6 Å². The predicted molar refractivity (Wildman–Crippen MR) is 200 cm³/mol. The monoisotopic (exact) mass is 624 g/mol. The van der Waals surface area contributed by atoms with Crippen LogP contribution in [0.4, 0.5) is 0 Å². The quantitative estimate of drug-likeness (QED) is 0.196. The second-order valence-corrected chi connectivity index (χ2v) is 12.3. The molecule has 0 radical (unpaired) electrons. The summed E-state index contributed by atoms with van der Waals surface area (Å²) in [7, 11) is 0. The molecule has 6 aromatic carbocycles. The van der Waals surface area contributed by atoms with Crippen LogP contribution in [0, 0.1) is 22.7 Å².